The van der Waals surface area contributed by atoms with Gasteiger partial charge in [-0.1, -0.05) is 6.92 Å². The van der Waals surface area contributed by atoms with Gasteiger partial charge in [-0.15, -0.1) is 0 Å². The first-order chi connectivity index (χ1) is 16.5. The number of aliphatic hydroxyl groups is 1. The highest BCUT2D eigenvalue weighted by atomic mass is 19.1. The molecule has 1 saturated carbocycles. The summed E-state index contributed by atoms with van der Waals surface area (Å²) < 4.78 is 43.4. The smallest absolute Gasteiger partial charge is 0.185 e. The summed E-state index contributed by atoms with van der Waals surface area (Å²) in [5.41, 5.74) is 5.94. The molecule has 0 radical (unpaired) electrons. The molecule has 1 aliphatic rings. The van der Waals surface area contributed by atoms with Crippen molar-refractivity contribution in [2.75, 3.05) is 0 Å². The summed E-state index contributed by atoms with van der Waals surface area (Å²) in [6.45, 7) is 5.21. The number of hydrogen-bond acceptors (Lipinski definition) is 5. The largest absolute Gasteiger partial charge is 0.388 e. The lowest BCUT2D eigenvalue weighted by molar-refractivity contribution is -0.0464. The van der Waals surface area contributed by atoms with Gasteiger partial charge in [0, 0.05) is 24.9 Å². The highest BCUT2D eigenvalue weighted by molar-refractivity contribution is 5.96. The van der Waals surface area contributed by atoms with Gasteiger partial charge in [-0.2, -0.15) is 0 Å². The Bertz CT molecular complexity index is 1240. The zero-order chi connectivity index (χ0) is 25.5. The van der Waals surface area contributed by atoms with E-state index in [0.717, 1.165) is 23.8 Å². The van der Waals surface area contributed by atoms with Crippen LogP contribution in [0.4, 0.5) is 13.2 Å². The molecule has 8 heteroatoms. The molecule has 0 amide bonds. The first kappa shape index (κ1) is 25.0. The van der Waals surface area contributed by atoms with E-state index in [-0.39, 0.29) is 24.0 Å². The first-order valence-corrected chi connectivity index (χ1v) is 11.6. The molecule has 4 rings (SSSR count). The van der Waals surface area contributed by atoms with Crippen LogP contribution < -0.4 is 5.73 Å². The van der Waals surface area contributed by atoms with Crippen LogP contribution in [0.15, 0.2) is 42.7 Å². The first-order valence-electron chi connectivity index (χ1n) is 11.6. The standard InChI is InChI=1S/C27H28F3N3O2/c1-14-8-20(29)25(21(30)9-14)26-19(28)4-5-22(33-26)23(34)11-17-13-32-7-6-18(17)16-10-15(2)27(3,35)24(31)12-16/h4-9,13,15-16,24,35H,10-12,31H2,1-3H3/t15-,16+,24+,27+/m0/s1. The molecular formula is C27H28F3N3O2. The fourth-order valence-electron chi connectivity index (χ4n) is 4.87. The summed E-state index contributed by atoms with van der Waals surface area (Å²) in [4.78, 5) is 21.3. The lowest BCUT2D eigenvalue weighted by Gasteiger charge is -2.44. The van der Waals surface area contributed by atoms with Gasteiger partial charge < -0.3 is 10.8 Å². The lowest BCUT2D eigenvalue weighted by atomic mass is 9.67. The van der Waals surface area contributed by atoms with Gasteiger partial charge in [0.05, 0.1) is 11.2 Å². The van der Waals surface area contributed by atoms with Crippen LogP contribution in [0, 0.1) is 30.3 Å². The van der Waals surface area contributed by atoms with E-state index < -0.39 is 46.1 Å². The molecule has 35 heavy (non-hydrogen) atoms. The molecule has 2 aromatic heterocycles. The van der Waals surface area contributed by atoms with Crippen LogP contribution in [-0.2, 0) is 6.42 Å². The number of rotatable bonds is 5. The highest BCUT2D eigenvalue weighted by Gasteiger charge is 2.42. The Labute approximate surface area is 202 Å². The summed E-state index contributed by atoms with van der Waals surface area (Å²) in [5, 5.41) is 10.7. The van der Waals surface area contributed by atoms with Crippen molar-refractivity contribution < 1.29 is 23.1 Å². The number of hydrogen-bond donors (Lipinski definition) is 2. The Kier molecular flexibility index (Phi) is 6.79. The molecule has 3 aromatic rings. The Morgan fingerprint density at radius 2 is 1.83 bits per heavy atom. The van der Waals surface area contributed by atoms with Gasteiger partial charge in [0.15, 0.2) is 5.78 Å². The van der Waals surface area contributed by atoms with E-state index in [9.17, 15) is 23.1 Å². The van der Waals surface area contributed by atoms with Crippen molar-refractivity contribution in [1.82, 2.24) is 9.97 Å². The van der Waals surface area contributed by atoms with Crippen molar-refractivity contribution >= 4 is 5.78 Å². The van der Waals surface area contributed by atoms with Gasteiger partial charge in [0.25, 0.3) is 0 Å². The number of carbonyl (C=O) groups is 1. The second-order valence-corrected chi connectivity index (χ2v) is 9.71. The van der Waals surface area contributed by atoms with Gasteiger partial charge in [0.2, 0.25) is 0 Å². The minimum absolute atomic E-state index is 0.0264. The molecule has 184 valence electrons. The van der Waals surface area contributed by atoms with E-state index >= 15 is 0 Å². The Hall–Kier alpha value is -3.10. The third-order valence-electron chi connectivity index (χ3n) is 7.21. The number of ketones is 1. The summed E-state index contributed by atoms with van der Waals surface area (Å²) in [6, 6.07) is 5.78. The van der Waals surface area contributed by atoms with Crippen molar-refractivity contribution in [3.63, 3.8) is 0 Å². The molecular weight excluding hydrogens is 455 g/mol. The van der Waals surface area contributed by atoms with Crippen molar-refractivity contribution in [2.24, 2.45) is 11.7 Å². The number of aryl methyl sites for hydroxylation is 1. The van der Waals surface area contributed by atoms with E-state index in [2.05, 4.69) is 9.97 Å². The zero-order valence-electron chi connectivity index (χ0n) is 19.9. The summed E-state index contributed by atoms with van der Waals surface area (Å²) in [7, 11) is 0. The molecule has 5 nitrogen and oxygen atoms in total. The summed E-state index contributed by atoms with van der Waals surface area (Å²) in [5.74, 6) is -3.29. The highest BCUT2D eigenvalue weighted by Crippen LogP contribution is 2.42. The van der Waals surface area contributed by atoms with Gasteiger partial charge in [-0.3, -0.25) is 9.78 Å². The molecule has 0 aliphatic heterocycles. The van der Waals surface area contributed by atoms with Crippen LogP contribution in [-0.4, -0.2) is 32.5 Å². The molecule has 0 unspecified atom stereocenters. The number of aromatic nitrogens is 2. The maximum atomic E-state index is 14.5. The van der Waals surface area contributed by atoms with Crippen LogP contribution in [0.25, 0.3) is 11.3 Å². The van der Waals surface area contributed by atoms with E-state index in [0.29, 0.717) is 24.0 Å². The van der Waals surface area contributed by atoms with E-state index in [1.54, 1.807) is 19.3 Å². The van der Waals surface area contributed by atoms with Crippen LogP contribution in [0.3, 0.4) is 0 Å². The average molecular weight is 484 g/mol. The summed E-state index contributed by atoms with van der Waals surface area (Å²) in [6.07, 6.45) is 4.41. The Morgan fingerprint density at radius 3 is 2.49 bits per heavy atom. The molecule has 0 bridgehead atoms. The molecule has 1 aliphatic carbocycles. The number of Topliss-reactive ketones (excluding diaryl/α,β-unsaturated/α-hetero) is 1. The minimum atomic E-state index is -0.978. The van der Waals surface area contributed by atoms with Gasteiger partial charge in [0.1, 0.15) is 28.8 Å². The van der Waals surface area contributed by atoms with Crippen molar-refractivity contribution in [2.45, 2.75) is 57.6 Å². The molecule has 0 spiro atoms. The van der Waals surface area contributed by atoms with E-state index in [1.165, 1.54) is 13.0 Å². The normalized spacial score (nSPS) is 24.4. The van der Waals surface area contributed by atoms with Crippen molar-refractivity contribution in [3.05, 3.63) is 82.6 Å². The predicted octanol–water partition coefficient (Wildman–Crippen LogP) is 4.89. The lowest BCUT2D eigenvalue weighted by Crippen LogP contribution is -2.54. The van der Waals surface area contributed by atoms with Gasteiger partial charge >= 0.3 is 0 Å². The second-order valence-electron chi connectivity index (χ2n) is 9.71. The number of nitrogens with two attached hydrogens (primary N) is 1. The average Bonchev–Trinajstić information content (AvgIpc) is 2.78. The van der Waals surface area contributed by atoms with Crippen LogP contribution in [0.2, 0.25) is 0 Å². The fourth-order valence-corrected chi connectivity index (χ4v) is 4.87. The second kappa shape index (κ2) is 9.51. The topological polar surface area (TPSA) is 89.1 Å². The molecule has 3 N–H and O–H groups in total. The number of benzene rings is 1. The fraction of sp³-hybridized carbons (Fsp3) is 0.370. The summed E-state index contributed by atoms with van der Waals surface area (Å²) >= 11 is 0. The number of halogens is 3. The molecule has 0 saturated heterocycles. The molecule has 1 aromatic carbocycles. The minimum Gasteiger partial charge on any atom is -0.388 e. The predicted molar refractivity (Wildman–Crippen MR) is 126 cm³/mol. The van der Waals surface area contributed by atoms with Crippen LogP contribution in [0.1, 0.15) is 59.8 Å². The van der Waals surface area contributed by atoms with Crippen LogP contribution >= 0.6 is 0 Å². The quantitative estimate of drug-likeness (QED) is 0.505. The van der Waals surface area contributed by atoms with Crippen molar-refractivity contribution in [1.29, 1.82) is 0 Å². The maximum Gasteiger partial charge on any atom is 0.185 e. The number of nitrogens with zero attached hydrogens (tertiary/aromatic N) is 2. The monoisotopic (exact) mass is 483 g/mol. The van der Waals surface area contributed by atoms with Gasteiger partial charge in [-0.25, -0.2) is 18.2 Å². The third-order valence-corrected chi connectivity index (χ3v) is 7.21. The van der Waals surface area contributed by atoms with Crippen LogP contribution in [0.5, 0.6) is 0 Å². The van der Waals surface area contributed by atoms with Gasteiger partial charge in [-0.05, 0) is 85.5 Å². The van der Waals surface area contributed by atoms with E-state index in [1.807, 2.05) is 13.0 Å². The SMILES string of the molecule is Cc1cc(F)c(-c2nc(C(=O)Cc3cnccc3[C@H]3C[C@@H](N)[C@](C)(O)[C@@H](C)C3)ccc2F)c(F)c1. The Balaban J connectivity index is 1.64. The number of carbonyl (C=O) groups excluding carboxylic acids is 1. The molecule has 4 atom stereocenters. The number of pyridine rings is 2. The van der Waals surface area contributed by atoms with E-state index in [4.69, 9.17) is 5.73 Å². The molecule has 1 fully saturated rings. The zero-order valence-corrected chi connectivity index (χ0v) is 19.9. The Morgan fingerprint density at radius 1 is 1.14 bits per heavy atom. The molecule has 2 heterocycles. The maximum absolute atomic E-state index is 14.5. The van der Waals surface area contributed by atoms with Crippen molar-refractivity contribution in [3.8, 4) is 11.3 Å². The third kappa shape index (κ3) is 4.86.